The zero-order valence-corrected chi connectivity index (χ0v) is 13.9. The number of pyridine rings is 1. The van der Waals surface area contributed by atoms with Gasteiger partial charge in [-0.05, 0) is 36.6 Å². The Morgan fingerprint density at radius 3 is 2.88 bits per heavy atom. The number of halogens is 3. The van der Waals surface area contributed by atoms with Crippen LogP contribution in [0.15, 0.2) is 36.5 Å². The van der Waals surface area contributed by atoms with Crippen LogP contribution in [0.25, 0.3) is 0 Å². The molecule has 0 unspecified atom stereocenters. The molecule has 1 aromatic carbocycles. The maximum absolute atomic E-state index is 15.6. The lowest BCUT2D eigenvalue weighted by Gasteiger charge is -2.33. The maximum atomic E-state index is 15.6. The Morgan fingerprint density at radius 2 is 2.16 bits per heavy atom. The van der Waals surface area contributed by atoms with Crippen LogP contribution < -0.4 is 5.32 Å². The minimum absolute atomic E-state index is 0.0147. The summed E-state index contributed by atoms with van der Waals surface area (Å²) in [5, 5.41) is 2.75. The first kappa shape index (κ1) is 16.4. The molecule has 2 aliphatic rings. The number of carbonyl (C=O) groups is 1. The van der Waals surface area contributed by atoms with Crippen LogP contribution in [0, 0.1) is 5.82 Å². The maximum Gasteiger partial charge on any atom is 0.262 e. The van der Waals surface area contributed by atoms with E-state index < -0.39 is 23.0 Å². The first-order valence-electron chi connectivity index (χ1n) is 7.96. The largest absolute Gasteiger partial charge is 0.363 e. The van der Waals surface area contributed by atoms with E-state index in [1.807, 2.05) is 0 Å². The van der Waals surface area contributed by atoms with Crippen molar-refractivity contribution in [3.63, 3.8) is 0 Å². The van der Waals surface area contributed by atoms with E-state index in [1.54, 1.807) is 18.3 Å². The number of rotatable bonds is 3. The van der Waals surface area contributed by atoms with E-state index >= 15 is 4.39 Å². The van der Waals surface area contributed by atoms with E-state index in [0.29, 0.717) is 24.3 Å². The number of amides is 1. The summed E-state index contributed by atoms with van der Waals surface area (Å²) < 4.78 is 34.2. The summed E-state index contributed by atoms with van der Waals surface area (Å²) in [5.41, 5.74) is -1.44. The van der Waals surface area contributed by atoms with E-state index in [-0.39, 0.29) is 23.6 Å². The highest BCUT2D eigenvalue weighted by molar-refractivity contribution is 6.31. The smallest absolute Gasteiger partial charge is 0.262 e. The molecule has 1 amide bonds. The minimum atomic E-state index is -2.17. The fraction of sp³-hybridized carbons (Fsp3) is 0.333. The highest BCUT2D eigenvalue weighted by Crippen LogP contribution is 2.53. The Kier molecular flexibility index (Phi) is 3.77. The summed E-state index contributed by atoms with van der Waals surface area (Å²) in [5.74, 6) is -1.22. The molecule has 2 heterocycles. The van der Waals surface area contributed by atoms with Crippen molar-refractivity contribution in [2.75, 3.05) is 6.61 Å². The van der Waals surface area contributed by atoms with Gasteiger partial charge in [0.05, 0.1) is 12.3 Å². The zero-order valence-electron chi connectivity index (χ0n) is 13.2. The number of alkyl halides is 1. The van der Waals surface area contributed by atoms with Crippen molar-refractivity contribution < 1.29 is 18.3 Å². The number of aromatic nitrogens is 1. The Bertz CT molecular complexity index is 857. The standard InChI is InChI=1S/C18H15ClF2N2O2/c19-14-8-12(20)4-3-11(14)9-23-16(24)18(21)6-5-17(10-25-17)15-13(18)2-1-7-22-15/h1-4,7-8H,5-6,9-10H2,(H,23,24)/t17-,18+/m1/s1. The van der Waals surface area contributed by atoms with Crippen LogP contribution in [-0.4, -0.2) is 17.5 Å². The molecule has 0 saturated carbocycles. The van der Waals surface area contributed by atoms with Crippen molar-refractivity contribution in [1.82, 2.24) is 10.3 Å². The molecule has 0 bridgehead atoms. The molecule has 1 spiro atoms. The van der Waals surface area contributed by atoms with Crippen LogP contribution in [0.5, 0.6) is 0 Å². The third-order valence-corrected chi connectivity index (χ3v) is 5.20. The number of epoxide rings is 1. The average molecular weight is 365 g/mol. The van der Waals surface area contributed by atoms with Gasteiger partial charge in [-0.25, -0.2) is 8.78 Å². The number of hydrogen-bond donors (Lipinski definition) is 1. The summed E-state index contributed by atoms with van der Waals surface area (Å²) in [4.78, 5) is 16.8. The van der Waals surface area contributed by atoms with Gasteiger partial charge in [-0.2, -0.15) is 0 Å². The molecule has 1 aromatic heterocycles. The van der Waals surface area contributed by atoms with Gasteiger partial charge < -0.3 is 10.1 Å². The molecule has 4 nitrogen and oxygen atoms in total. The van der Waals surface area contributed by atoms with Gasteiger partial charge >= 0.3 is 0 Å². The molecule has 0 radical (unpaired) electrons. The Morgan fingerprint density at radius 1 is 1.36 bits per heavy atom. The van der Waals surface area contributed by atoms with E-state index in [2.05, 4.69) is 10.3 Å². The molecular formula is C18H15ClF2N2O2. The topological polar surface area (TPSA) is 54.5 Å². The third kappa shape index (κ3) is 2.69. The predicted octanol–water partition coefficient (Wildman–Crippen LogP) is 3.37. The van der Waals surface area contributed by atoms with Crippen LogP contribution in [0.1, 0.15) is 29.7 Å². The van der Waals surface area contributed by atoms with Crippen LogP contribution in [-0.2, 0) is 27.3 Å². The van der Waals surface area contributed by atoms with Crippen molar-refractivity contribution in [1.29, 1.82) is 0 Å². The first-order valence-corrected chi connectivity index (χ1v) is 8.33. The molecule has 2 aromatic rings. The molecule has 1 N–H and O–H groups in total. The second kappa shape index (κ2) is 5.75. The van der Waals surface area contributed by atoms with Gasteiger partial charge in [0.2, 0.25) is 5.67 Å². The van der Waals surface area contributed by atoms with Crippen LogP contribution >= 0.6 is 11.6 Å². The molecule has 1 aliphatic heterocycles. The second-order valence-corrected chi connectivity index (χ2v) is 6.81. The van der Waals surface area contributed by atoms with Gasteiger partial charge in [0.25, 0.3) is 5.91 Å². The molecule has 1 aliphatic carbocycles. The molecule has 25 heavy (non-hydrogen) atoms. The van der Waals surface area contributed by atoms with Crippen molar-refractivity contribution in [3.8, 4) is 0 Å². The Hall–Kier alpha value is -2.05. The van der Waals surface area contributed by atoms with Gasteiger partial charge in [-0.15, -0.1) is 0 Å². The highest BCUT2D eigenvalue weighted by Gasteiger charge is 2.58. The van der Waals surface area contributed by atoms with Crippen LogP contribution in [0.4, 0.5) is 8.78 Å². The second-order valence-electron chi connectivity index (χ2n) is 6.40. The van der Waals surface area contributed by atoms with Crippen LogP contribution in [0.3, 0.4) is 0 Å². The molecule has 1 saturated heterocycles. The number of benzene rings is 1. The Balaban J connectivity index is 1.57. The third-order valence-electron chi connectivity index (χ3n) is 4.85. The molecule has 1 fully saturated rings. The number of carbonyl (C=O) groups excluding carboxylic acids is 1. The minimum Gasteiger partial charge on any atom is -0.363 e. The lowest BCUT2D eigenvalue weighted by atomic mass is 9.77. The molecule has 7 heteroatoms. The zero-order chi connectivity index (χ0) is 17.7. The number of hydrogen-bond acceptors (Lipinski definition) is 3. The molecule has 2 atom stereocenters. The number of nitrogens with one attached hydrogen (secondary N) is 1. The van der Waals surface area contributed by atoms with Crippen molar-refractivity contribution in [2.45, 2.75) is 30.7 Å². The van der Waals surface area contributed by atoms with Gasteiger partial charge in [0.1, 0.15) is 11.4 Å². The van der Waals surface area contributed by atoms with E-state index in [0.717, 1.165) is 6.07 Å². The number of fused-ring (bicyclic) bond motifs is 2. The van der Waals surface area contributed by atoms with E-state index in [9.17, 15) is 9.18 Å². The lowest BCUT2D eigenvalue weighted by molar-refractivity contribution is -0.135. The molecule has 130 valence electrons. The summed E-state index contributed by atoms with van der Waals surface area (Å²) >= 11 is 5.95. The fourth-order valence-corrected chi connectivity index (χ4v) is 3.53. The van der Waals surface area contributed by atoms with Crippen molar-refractivity contribution in [2.24, 2.45) is 0 Å². The number of nitrogens with zero attached hydrogens (tertiary/aromatic N) is 1. The molecular weight excluding hydrogens is 350 g/mol. The highest BCUT2D eigenvalue weighted by atomic mass is 35.5. The summed E-state index contributed by atoms with van der Waals surface area (Å²) in [6.07, 6.45) is 2.00. The van der Waals surface area contributed by atoms with Gasteiger partial charge in [-0.1, -0.05) is 23.7 Å². The van der Waals surface area contributed by atoms with Crippen molar-refractivity contribution >= 4 is 17.5 Å². The van der Waals surface area contributed by atoms with Gasteiger partial charge in [0.15, 0.2) is 0 Å². The Labute approximate surface area is 148 Å². The average Bonchev–Trinajstić information content (AvgIpc) is 3.39. The van der Waals surface area contributed by atoms with Gasteiger partial charge in [-0.3, -0.25) is 9.78 Å². The summed E-state index contributed by atoms with van der Waals surface area (Å²) in [6, 6.07) is 7.05. The predicted molar refractivity (Wildman–Crippen MR) is 87.1 cm³/mol. The number of ether oxygens (including phenoxy) is 1. The first-order chi connectivity index (χ1) is 11.9. The monoisotopic (exact) mass is 364 g/mol. The SMILES string of the molecule is O=C(NCc1ccc(F)cc1Cl)[C@]1(F)CC[C@@]2(CO2)c2ncccc21. The fourth-order valence-electron chi connectivity index (χ4n) is 3.30. The quantitative estimate of drug-likeness (QED) is 0.849. The summed E-state index contributed by atoms with van der Waals surface area (Å²) in [7, 11) is 0. The lowest BCUT2D eigenvalue weighted by Crippen LogP contribution is -2.45. The van der Waals surface area contributed by atoms with E-state index in [1.165, 1.54) is 12.1 Å². The van der Waals surface area contributed by atoms with Gasteiger partial charge in [0, 0.05) is 23.3 Å². The van der Waals surface area contributed by atoms with Crippen molar-refractivity contribution in [3.05, 3.63) is 64.2 Å². The molecule has 4 rings (SSSR count). The summed E-state index contributed by atoms with van der Waals surface area (Å²) in [6.45, 7) is 0.515. The van der Waals surface area contributed by atoms with E-state index in [4.69, 9.17) is 16.3 Å². The van der Waals surface area contributed by atoms with Crippen LogP contribution in [0.2, 0.25) is 5.02 Å². The normalized spacial score (nSPS) is 27.0.